The van der Waals surface area contributed by atoms with Crippen LogP contribution in [0.5, 0.6) is 0 Å². The SMILES string of the molecule is CC(Cn1cc(Cl)cn1)c1nc2c3c(ccc2n1[C@H]1CCCNCC1)N(C(=O)O)[C@@H](C)CC3. The molecule has 5 rings (SSSR count). The minimum atomic E-state index is -0.902. The summed E-state index contributed by atoms with van der Waals surface area (Å²) < 4.78 is 4.30. The Kier molecular flexibility index (Phi) is 6.05. The quantitative estimate of drug-likeness (QED) is 0.570. The molecular weight excluding hydrogens is 440 g/mol. The molecule has 1 fully saturated rings. The Balaban J connectivity index is 1.64. The van der Waals surface area contributed by atoms with Crippen molar-refractivity contribution in [2.75, 3.05) is 18.0 Å². The number of carbonyl (C=O) groups is 1. The van der Waals surface area contributed by atoms with E-state index in [4.69, 9.17) is 16.6 Å². The zero-order chi connectivity index (χ0) is 23.1. The largest absolute Gasteiger partial charge is 0.465 e. The minimum Gasteiger partial charge on any atom is -0.465 e. The zero-order valence-corrected chi connectivity index (χ0v) is 19.9. The Bertz CT molecular complexity index is 1160. The molecular formula is C24H31ClN6O2. The van der Waals surface area contributed by atoms with E-state index in [1.165, 1.54) is 4.90 Å². The Morgan fingerprint density at radius 2 is 2.15 bits per heavy atom. The van der Waals surface area contributed by atoms with Crippen molar-refractivity contribution >= 4 is 34.4 Å². The second-order valence-electron chi connectivity index (χ2n) is 9.43. The molecule has 1 amide bonds. The summed E-state index contributed by atoms with van der Waals surface area (Å²) in [6.07, 6.45) is 7.51. The number of amides is 1. The lowest BCUT2D eigenvalue weighted by atomic mass is 9.95. The van der Waals surface area contributed by atoms with Crippen LogP contribution in [0.4, 0.5) is 10.5 Å². The molecule has 2 N–H and O–H groups in total. The zero-order valence-electron chi connectivity index (χ0n) is 19.2. The molecule has 0 bridgehead atoms. The molecule has 2 aromatic heterocycles. The maximum atomic E-state index is 12.0. The van der Waals surface area contributed by atoms with Crippen molar-refractivity contribution in [2.24, 2.45) is 0 Å². The first-order valence-electron chi connectivity index (χ1n) is 11.9. The molecule has 2 aliphatic rings. The van der Waals surface area contributed by atoms with E-state index in [1.54, 1.807) is 6.20 Å². The Morgan fingerprint density at radius 3 is 2.91 bits per heavy atom. The van der Waals surface area contributed by atoms with Crippen LogP contribution in [0.3, 0.4) is 0 Å². The molecule has 0 aliphatic carbocycles. The van der Waals surface area contributed by atoms with E-state index in [2.05, 4.69) is 28.0 Å². The summed E-state index contributed by atoms with van der Waals surface area (Å²) in [6, 6.07) is 4.38. The van der Waals surface area contributed by atoms with Crippen molar-refractivity contribution in [3.8, 4) is 0 Å². The van der Waals surface area contributed by atoms with Crippen LogP contribution in [0.15, 0.2) is 24.5 Å². The smallest absolute Gasteiger partial charge is 0.412 e. The van der Waals surface area contributed by atoms with Gasteiger partial charge in [0.25, 0.3) is 0 Å². The first-order chi connectivity index (χ1) is 15.9. The summed E-state index contributed by atoms with van der Waals surface area (Å²) in [4.78, 5) is 18.7. The van der Waals surface area contributed by atoms with Gasteiger partial charge in [0.2, 0.25) is 0 Å². The highest BCUT2D eigenvalue weighted by atomic mass is 35.5. The van der Waals surface area contributed by atoms with Gasteiger partial charge in [0.15, 0.2) is 0 Å². The minimum absolute atomic E-state index is 0.0366. The van der Waals surface area contributed by atoms with Crippen LogP contribution in [-0.4, -0.2) is 49.7 Å². The fourth-order valence-corrected chi connectivity index (χ4v) is 5.65. The number of anilines is 1. The topological polar surface area (TPSA) is 88.2 Å². The number of hydrogen-bond donors (Lipinski definition) is 2. The number of carboxylic acid groups (broad SMARTS) is 1. The molecule has 1 aromatic carbocycles. The van der Waals surface area contributed by atoms with Crippen molar-refractivity contribution in [3.63, 3.8) is 0 Å². The third-order valence-corrected chi connectivity index (χ3v) is 7.30. The average molecular weight is 471 g/mol. The van der Waals surface area contributed by atoms with E-state index in [1.807, 2.05) is 23.9 Å². The van der Waals surface area contributed by atoms with Crippen LogP contribution in [-0.2, 0) is 13.0 Å². The first kappa shape index (κ1) is 22.2. The van der Waals surface area contributed by atoms with Crippen LogP contribution >= 0.6 is 11.6 Å². The van der Waals surface area contributed by atoms with Crippen molar-refractivity contribution in [1.82, 2.24) is 24.6 Å². The first-order valence-corrected chi connectivity index (χ1v) is 12.3. The van der Waals surface area contributed by atoms with Gasteiger partial charge in [-0.05, 0) is 64.3 Å². The number of nitrogens with one attached hydrogen (secondary N) is 1. The summed E-state index contributed by atoms with van der Waals surface area (Å²) >= 11 is 6.09. The van der Waals surface area contributed by atoms with E-state index in [9.17, 15) is 9.90 Å². The summed E-state index contributed by atoms with van der Waals surface area (Å²) in [6.45, 7) is 6.87. The number of imidazole rings is 1. The van der Waals surface area contributed by atoms with Crippen molar-refractivity contribution in [2.45, 2.75) is 70.5 Å². The molecule has 1 unspecified atom stereocenters. The number of hydrogen-bond acceptors (Lipinski definition) is 4. The van der Waals surface area contributed by atoms with Crippen LogP contribution in [0.1, 0.15) is 62.9 Å². The normalized spacial score (nSPS) is 22.2. The summed E-state index contributed by atoms with van der Waals surface area (Å²) in [5.74, 6) is 1.16. The van der Waals surface area contributed by atoms with Crippen molar-refractivity contribution in [1.29, 1.82) is 0 Å². The van der Waals surface area contributed by atoms with Gasteiger partial charge in [-0.25, -0.2) is 9.78 Å². The number of benzene rings is 1. The van der Waals surface area contributed by atoms with Gasteiger partial charge in [0, 0.05) is 29.8 Å². The average Bonchev–Trinajstić information content (AvgIpc) is 3.26. The van der Waals surface area contributed by atoms with Crippen molar-refractivity contribution < 1.29 is 9.90 Å². The lowest BCUT2D eigenvalue weighted by Crippen LogP contribution is -2.41. The van der Waals surface area contributed by atoms with Crippen LogP contribution in [0.2, 0.25) is 5.02 Å². The van der Waals surface area contributed by atoms with Gasteiger partial charge in [0.1, 0.15) is 5.82 Å². The van der Waals surface area contributed by atoms with Gasteiger partial charge in [-0.15, -0.1) is 0 Å². The molecule has 0 saturated carbocycles. The number of aromatic nitrogens is 4. The number of rotatable bonds is 4. The second-order valence-corrected chi connectivity index (χ2v) is 9.86. The van der Waals surface area contributed by atoms with Gasteiger partial charge in [-0.2, -0.15) is 5.10 Å². The molecule has 4 heterocycles. The number of aryl methyl sites for hydroxylation is 1. The maximum Gasteiger partial charge on any atom is 0.412 e. The monoisotopic (exact) mass is 470 g/mol. The third kappa shape index (κ3) is 4.10. The highest BCUT2D eigenvalue weighted by Gasteiger charge is 2.32. The Morgan fingerprint density at radius 1 is 1.30 bits per heavy atom. The highest BCUT2D eigenvalue weighted by molar-refractivity contribution is 6.30. The highest BCUT2D eigenvalue weighted by Crippen LogP contribution is 2.39. The molecule has 8 nitrogen and oxygen atoms in total. The van der Waals surface area contributed by atoms with Gasteiger partial charge in [0.05, 0.1) is 34.5 Å². The van der Waals surface area contributed by atoms with E-state index in [0.29, 0.717) is 17.6 Å². The van der Waals surface area contributed by atoms with Gasteiger partial charge in [-0.3, -0.25) is 9.58 Å². The van der Waals surface area contributed by atoms with E-state index < -0.39 is 6.09 Å². The maximum absolute atomic E-state index is 12.0. The lowest BCUT2D eigenvalue weighted by Gasteiger charge is -2.33. The number of fused-ring (bicyclic) bond motifs is 3. The lowest BCUT2D eigenvalue weighted by molar-refractivity contribution is 0.198. The summed E-state index contributed by atoms with van der Waals surface area (Å²) in [7, 11) is 0. The molecule has 2 aliphatic heterocycles. The Labute approximate surface area is 198 Å². The molecule has 9 heteroatoms. The third-order valence-electron chi connectivity index (χ3n) is 7.10. The van der Waals surface area contributed by atoms with Crippen molar-refractivity contribution in [3.05, 3.63) is 40.9 Å². The van der Waals surface area contributed by atoms with Gasteiger partial charge >= 0.3 is 6.09 Å². The Hall–Kier alpha value is -2.58. The van der Waals surface area contributed by atoms with E-state index in [-0.39, 0.29) is 12.0 Å². The predicted octanol–water partition coefficient (Wildman–Crippen LogP) is 4.82. The molecule has 3 atom stereocenters. The van der Waals surface area contributed by atoms with Crippen LogP contribution < -0.4 is 10.2 Å². The molecule has 3 aromatic rings. The molecule has 1 saturated heterocycles. The molecule has 0 radical (unpaired) electrons. The van der Waals surface area contributed by atoms with Crippen LogP contribution in [0.25, 0.3) is 11.0 Å². The van der Waals surface area contributed by atoms with Crippen LogP contribution in [0, 0.1) is 0 Å². The fraction of sp³-hybridized carbons (Fsp3) is 0.542. The summed E-state index contributed by atoms with van der Waals surface area (Å²) in [5.41, 5.74) is 3.89. The molecule has 0 spiro atoms. The number of halogens is 1. The molecule has 33 heavy (non-hydrogen) atoms. The van der Waals surface area contributed by atoms with Gasteiger partial charge in [-0.1, -0.05) is 18.5 Å². The fourth-order valence-electron chi connectivity index (χ4n) is 5.50. The van der Waals surface area contributed by atoms with E-state index >= 15 is 0 Å². The van der Waals surface area contributed by atoms with Gasteiger partial charge < -0.3 is 15.0 Å². The van der Waals surface area contributed by atoms with E-state index in [0.717, 1.165) is 73.3 Å². The number of nitrogens with zero attached hydrogens (tertiary/aromatic N) is 5. The second kappa shape index (κ2) is 8.99. The standard InChI is InChI=1S/C24H31ClN6O2/c1-15(13-29-14-17(25)12-27-29)23-28-22-19-6-5-16(2)30(24(32)33)20(19)7-8-21(22)31(23)18-4-3-10-26-11-9-18/h7-8,12,14-16,18,26H,3-6,9-11,13H2,1-2H3,(H,32,33)/t15?,16-,18-/m0/s1. The predicted molar refractivity (Wildman–Crippen MR) is 129 cm³/mol. The molecule has 176 valence electrons. The summed E-state index contributed by atoms with van der Waals surface area (Å²) in [5, 5.41) is 18.4.